The highest BCUT2D eigenvalue weighted by molar-refractivity contribution is 6.32. The Balaban J connectivity index is 1.33. The molecule has 0 spiro atoms. The van der Waals surface area contributed by atoms with Gasteiger partial charge in [0.15, 0.2) is 0 Å². The molecule has 2 saturated heterocycles. The summed E-state index contributed by atoms with van der Waals surface area (Å²) in [5, 5.41) is 5.02. The number of benzene rings is 1. The zero-order valence-electron chi connectivity index (χ0n) is 16.7. The van der Waals surface area contributed by atoms with Crippen LogP contribution in [-0.4, -0.2) is 54.1 Å². The van der Waals surface area contributed by atoms with Crippen LogP contribution in [0.25, 0.3) is 10.8 Å². The molecule has 5 rings (SSSR count). The van der Waals surface area contributed by atoms with Crippen molar-refractivity contribution in [2.45, 2.75) is 37.6 Å². The third-order valence-corrected chi connectivity index (χ3v) is 7.22. The monoisotopic (exact) mass is 435 g/mol. The number of ether oxygens (including phenoxy) is 1. The molecule has 0 bridgehead atoms. The molecular formula is C22H24ClF2N3O2. The predicted molar refractivity (Wildman–Crippen MR) is 111 cm³/mol. The Hall–Kier alpha value is -1.83. The molecule has 5 nitrogen and oxygen atoms in total. The Kier molecular flexibility index (Phi) is 4.95. The van der Waals surface area contributed by atoms with Crippen LogP contribution in [-0.2, 0) is 9.53 Å². The molecule has 8 heteroatoms. The van der Waals surface area contributed by atoms with E-state index in [-0.39, 0.29) is 5.82 Å². The molecule has 1 aliphatic carbocycles. The maximum Gasteiger partial charge on any atom is 0.263 e. The number of hydrogen-bond donors (Lipinski definition) is 1. The van der Waals surface area contributed by atoms with Crippen molar-refractivity contribution >= 4 is 34.1 Å². The molecule has 160 valence electrons. The van der Waals surface area contributed by atoms with E-state index < -0.39 is 23.7 Å². The Morgan fingerprint density at radius 2 is 1.93 bits per heavy atom. The van der Waals surface area contributed by atoms with Gasteiger partial charge in [0, 0.05) is 22.5 Å². The Bertz CT molecular complexity index is 990. The number of carbonyl (C=O) groups is 1. The summed E-state index contributed by atoms with van der Waals surface area (Å²) in [6.07, 6.45) is 3.68. The normalized spacial score (nSPS) is 27.1. The first kappa shape index (κ1) is 20.1. The van der Waals surface area contributed by atoms with Gasteiger partial charge in [0.25, 0.3) is 5.92 Å². The second-order valence-corrected chi connectivity index (χ2v) is 9.13. The number of carbonyl (C=O) groups excluding carboxylic acids is 1. The second-order valence-electron chi connectivity index (χ2n) is 8.72. The molecule has 3 aliphatic rings. The number of nitrogens with one attached hydrogen (secondary N) is 1. The first-order chi connectivity index (χ1) is 14.3. The minimum atomic E-state index is -2.93. The minimum Gasteiger partial charge on any atom is -0.378 e. The SMILES string of the molecule is C[C@H]1[C@@H](C(=O)Nc2cc3cc(C4CCN(C5COC5)CC4)c(Cl)cc3cn2)C1(F)F. The van der Waals surface area contributed by atoms with Crippen molar-refractivity contribution in [1.29, 1.82) is 0 Å². The van der Waals surface area contributed by atoms with Crippen LogP contribution in [0.1, 0.15) is 31.2 Å². The summed E-state index contributed by atoms with van der Waals surface area (Å²) < 4.78 is 32.3. The van der Waals surface area contributed by atoms with Crippen LogP contribution in [0.3, 0.4) is 0 Å². The van der Waals surface area contributed by atoms with Gasteiger partial charge in [-0.05, 0) is 61.0 Å². The average molecular weight is 436 g/mol. The molecule has 3 heterocycles. The van der Waals surface area contributed by atoms with Crippen LogP contribution in [0.5, 0.6) is 0 Å². The molecule has 30 heavy (non-hydrogen) atoms. The van der Waals surface area contributed by atoms with E-state index in [9.17, 15) is 13.6 Å². The fourth-order valence-electron chi connectivity index (χ4n) is 4.66. The van der Waals surface area contributed by atoms with Crippen LogP contribution >= 0.6 is 11.6 Å². The van der Waals surface area contributed by atoms with E-state index in [1.54, 1.807) is 12.3 Å². The quantitative estimate of drug-likeness (QED) is 0.777. The number of rotatable bonds is 4. The van der Waals surface area contributed by atoms with E-state index in [0.717, 1.165) is 60.5 Å². The van der Waals surface area contributed by atoms with E-state index in [1.807, 2.05) is 6.07 Å². The Labute approximate surface area is 178 Å². The van der Waals surface area contributed by atoms with Crippen LogP contribution < -0.4 is 5.32 Å². The maximum absolute atomic E-state index is 13.5. The van der Waals surface area contributed by atoms with Gasteiger partial charge in [0.05, 0.1) is 19.3 Å². The Morgan fingerprint density at radius 3 is 2.53 bits per heavy atom. The summed E-state index contributed by atoms with van der Waals surface area (Å²) in [7, 11) is 0. The highest BCUT2D eigenvalue weighted by Gasteiger charge is 2.69. The predicted octanol–water partition coefficient (Wildman–Crippen LogP) is 4.31. The topological polar surface area (TPSA) is 54.5 Å². The molecule has 0 radical (unpaired) electrons. The van der Waals surface area contributed by atoms with E-state index in [1.165, 1.54) is 6.92 Å². The van der Waals surface area contributed by atoms with Gasteiger partial charge >= 0.3 is 0 Å². The molecule has 1 aromatic heterocycles. The molecule has 3 fully saturated rings. The number of piperidine rings is 1. The molecule has 2 atom stereocenters. The molecule has 1 saturated carbocycles. The van der Waals surface area contributed by atoms with Gasteiger partial charge in [-0.25, -0.2) is 13.8 Å². The van der Waals surface area contributed by atoms with Gasteiger partial charge < -0.3 is 10.1 Å². The molecule has 1 N–H and O–H groups in total. The highest BCUT2D eigenvalue weighted by atomic mass is 35.5. The van der Waals surface area contributed by atoms with Gasteiger partial charge in [0.2, 0.25) is 5.91 Å². The number of fused-ring (bicyclic) bond motifs is 1. The van der Waals surface area contributed by atoms with Crippen molar-refractivity contribution in [1.82, 2.24) is 9.88 Å². The molecule has 0 unspecified atom stereocenters. The average Bonchev–Trinajstić information content (AvgIpc) is 3.18. The zero-order chi connectivity index (χ0) is 21.0. The van der Waals surface area contributed by atoms with Crippen molar-refractivity contribution in [2.24, 2.45) is 11.8 Å². The third-order valence-electron chi connectivity index (χ3n) is 6.89. The lowest BCUT2D eigenvalue weighted by Gasteiger charge is -2.41. The molecular weight excluding hydrogens is 412 g/mol. The maximum atomic E-state index is 13.5. The smallest absolute Gasteiger partial charge is 0.263 e. The summed E-state index contributed by atoms with van der Waals surface area (Å²) in [4.78, 5) is 18.8. The van der Waals surface area contributed by atoms with Gasteiger partial charge in [0.1, 0.15) is 11.7 Å². The van der Waals surface area contributed by atoms with E-state index in [0.29, 0.717) is 12.0 Å². The molecule has 1 amide bonds. The second kappa shape index (κ2) is 7.39. The number of halogens is 3. The van der Waals surface area contributed by atoms with Crippen molar-refractivity contribution < 1.29 is 18.3 Å². The lowest BCUT2D eigenvalue weighted by atomic mass is 9.87. The van der Waals surface area contributed by atoms with Gasteiger partial charge in [-0.1, -0.05) is 18.5 Å². The third kappa shape index (κ3) is 3.47. The van der Waals surface area contributed by atoms with Crippen LogP contribution in [0.2, 0.25) is 5.02 Å². The van der Waals surface area contributed by atoms with Gasteiger partial charge in [-0.2, -0.15) is 0 Å². The first-order valence-electron chi connectivity index (χ1n) is 10.4. The van der Waals surface area contributed by atoms with E-state index >= 15 is 0 Å². The van der Waals surface area contributed by atoms with Crippen LogP contribution in [0, 0.1) is 11.8 Å². The number of nitrogens with zero attached hydrogens (tertiary/aromatic N) is 2. The number of amides is 1. The summed E-state index contributed by atoms with van der Waals surface area (Å²) in [6.45, 7) is 5.09. The standard InChI is InChI=1S/C22H24ClF2N3O2/c1-12-20(22(12,24)25)21(29)27-19-8-14-6-17(18(23)7-15(14)9-26-19)13-2-4-28(5-3-13)16-10-30-11-16/h6-9,12-13,16,20H,2-5,10-11H2,1H3,(H,26,27,29)/t12-,20-/m0/s1. The summed E-state index contributed by atoms with van der Waals surface area (Å²) in [5.74, 6) is -5.15. The number of anilines is 1. The Morgan fingerprint density at radius 1 is 1.23 bits per heavy atom. The van der Waals surface area contributed by atoms with E-state index in [2.05, 4.69) is 21.3 Å². The molecule has 2 aromatic rings. The van der Waals surface area contributed by atoms with Gasteiger partial charge in [-0.3, -0.25) is 9.69 Å². The fraction of sp³-hybridized carbons (Fsp3) is 0.545. The number of likely N-dealkylation sites (tertiary alicyclic amines) is 1. The summed E-state index contributed by atoms with van der Waals surface area (Å²) in [5.41, 5.74) is 1.10. The van der Waals surface area contributed by atoms with Crippen molar-refractivity contribution in [3.8, 4) is 0 Å². The van der Waals surface area contributed by atoms with Crippen molar-refractivity contribution in [3.63, 3.8) is 0 Å². The van der Waals surface area contributed by atoms with Crippen LogP contribution in [0.4, 0.5) is 14.6 Å². The lowest BCUT2D eigenvalue weighted by molar-refractivity contribution is -0.119. The van der Waals surface area contributed by atoms with Crippen molar-refractivity contribution in [2.75, 3.05) is 31.6 Å². The summed E-state index contributed by atoms with van der Waals surface area (Å²) in [6, 6.07) is 6.24. The molecule has 1 aromatic carbocycles. The minimum absolute atomic E-state index is 0.287. The largest absolute Gasteiger partial charge is 0.378 e. The summed E-state index contributed by atoms with van der Waals surface area (Å²) >= 11 is 6.58. The van der Waals surface area contributed by atoms with Crippen molar-refractivity contribution in [3.05, 3.63) is 35.0 Å². The number of hydrogen-bond acceptors (Lipinski definition) is 4. The zero-order valence-corrected chi connectivity index (χ0v) is 17.5. The number of alkyl halides is 2. The van der Waals surface area contributed by atoms with Crippen LogP contribution in [0.15, 0.2) is 24.4 Å². The number of pyridine rings is 1. The lowest BCUT2D eigenvalue weighted by Crippen LogP contribution is -2.51. The van der Waals surface area contributed by atoms with Gasteiger partial charge in [-0.15, -0.1) is 0 Å². The van der Waals surface area contributed by atoms with E-state index in [4.69, 9.17) is 16.3 Å². The number of aromatic nitrogens is 1. The highest BCUT2D eigenvalue weighted by Crippen LogP contribution is 2.55. The first-order valence-corrected chi connectivity index (χ1v) is 10.8. The molecule has 2 aliphatic heterocycles. The fourth-order valence-corrected chi connectivity index (χ4v) is 4.99.